The lowest BCUT2D eigenvalue weighted by molar-refractivity contribution is 0.0692. The smallest absolute Gasteiger partial charge is 0.356 e. The zero-order valence-electron chi connectivity index (χ0n) is 6.74. The predicted octanol–water partition coefficient (Wildman–Crippen LogP) is 0.924. The van der Waals surface area contributed by atoms with Gasteiger partial charge in [0.2, 0.25) is 0 Å². The number of nitrogens with two attached hydrogens (primary N) is 1. The number of aryl methyl sites for hydroxylation is 1. The summed E-state index contributed by atoms with van der Waals surface area (Å²) in [5, 5.41) is 8.59. The predicted molar refractivity (Wildman–Crippen MR) is 45.0 cm³/mol. The first-order chi connectivity index (χ1) is 5.65. The minimum atomic E-state index is -1.09. The number of pyridine rings is 1. The molecular formula is C8H10N2O2. The van der Waals surface area contributed by atoms with Gasteiger partial charge < -0.3 is 10.8 Å². The maximum Gasteiger partial charge on any atom is 0.356 e. The number of nitrogens with zero attached hydrogens (tertiary/aromatic N) is 1. The highest BCUT2D eigenvalue weighted by Gasteiger charge is 2.08. The molecule has 0 amide bonds. The summed E-state index contributed by atoms with van der Waals surface area (Å²) < 4.78 is 0. The minimum absolute atomic E-state index is 0.0767. The van der Waals surface area contributed by atoms with E-state index in [0.717, 1.165) is 12.0 Å². The van der Waals surface area contributed by atoms with Gasteiger partial charge in [-0.3, -0.25) is 0 Å². The van der Waals surface area contributed by atoms with E-state index >= 15 is 0 Å². The van der Waals surface area contributed by atoms with E-state index in [9.17, 15) is 4.79 Å². The molecule has 4 nitrogen and oxygen atoms in total. The molecule has 1 aromatic rings. The Labute approximate surface area is 70.0 Å². The van der Waals surface area contributed by atoms with Crippen molar-refractivity contribution in [3.05, 3.63) is 23.5 Å². The second-order valence-electron chi connectivity index (χ2n) is 2.44. The number of nitrogen functional groups attached to an aromatic ring is 1. The Morgan fingerprint density at radius 1 is 1.75 bits per heavy atom. The van der Waals surface area contributed by atoms with Crippen molar-refractivity contribution >= 4 is 11.7 Å². The summed E-state index contributed by atoms with van der Waals surface area (Å²) in [6.45, 7) is 1.96. The summed E-state index contributed by atoms with van der Waals surface area (Å²) in [7, 11) is 0. The molecule has 0 aliphatic rings. The van der Waals surface area contributed by atoms with E-state index in [1.54, 1.807) is 6.07 Å². The average Bonchev–Trinajstić information content (AvgIpc) is 2.03. The fourth-order valence-electron chi connectivity index (χ4n) is 0.899. The number of hydrogen-bond donors (Lipinski definition) is 2. The van der Waals surface area contributed by atoms with Crippen molar-refractivity contribution in [2.75, 3.05) is 5.73 Å². The fourth-order valence-corrected chi connectivity index (χ4v) is 0.899. The standard InChI is InChI=1S/C8H10N2O2/c1-2-5-3-6(9)7(8(11)12)10-4-5/h3-4H,2,9H2,1H3,(H,11,12). The molecule has 12 heavy (non-hydrogen) atoms. The highest BCUT2D eigenvalue weighted by molar-refractivity contribution is 5.91. The number of carboxylic acids is 1. The van der Waals surface area contributed by atoms with Gasteiger partial charge in [-0.15, -0.1) is 0 Å². The Balaban J connectivity index is 3.12. The molecule has 1 heterocycles. The summed E-state index contributed by atoms with van der Waals surface area (Å²) in [5.74, 6) is -1.09. The highest BCUT2D eigenvalue weighted by atomic mass is 16.4. The Morgan fingerprint density at radius 2 is 2.42 bits per heavy atom. The highest BCUT2D eigenvalue weighted by Crippen LogP contribution is 2.10. The van der Waals surface area contributed by atoms with Gasteiger partial charge >= 0.3 is 5.97 Å². The molecule has 4 heteroatoms. The van der Waals surface area contributed by atoms with Crippen molar-refractivity contribution in [2.24, 2.45) is 0 Å². The van der Waals surface area contributed by atoms with Gasteiger partial charge in [-0.25, -0.2) is 9.78 Å². The normalized spacial score (nSPS) is 9.75. The lowest BCUT2D eigenvalue weighted by atomic mass is 10.2. The largest absolute Gasteiger partial charge is 0.476 e. The van der Waals surface area contributed by atoms with Crippen LogP contribution >= 0.6 is 0 Å². The summed E-state index contributed by atoms with van der Waals surface area (Å²) in [4.78, 5) is 14.2. The van der Waals surface area contributed by atoms with E-state index < -0.39 is 5.97 Å². The van der Waals surface area contributed by atoms with Crippen LogP contribution in [0.15, 0.2) is 12.3 Å². The van der Waals surface area contributed by atoms with Gasteiger partial charge in [-0.1, -0.05) is 6.92 Å². The van der Waals surface area contributed by atoms with Gasteiger partial charge in [0.05, 0.1) is 5.69 Å². The number of hydrogen-bond acceptors (Lipinski definition) is 3. The zero-order chi connectivity index (χ0) is 9.14. The molecule has 3 N–H and O–H groups in total. The lowest BCUT2D eigenvalue weighted by Gasteiger charge is -2.01. The fraction of sp³-hybridized carbons (Fsp3) is 0.250. The first kappa shape index (κ1) is 8.52. The van der Waals surface area contributed by atoms with Crippen molar-refractivity contribution in [2.45, 2.75) is 13.3 Å². The van der Waals surface area contributed by atoms with Crippen molar-refractivity contribution in [1.29, 1.82) is 0 Å². The van der Waals surface area contributed by atoms with Crippen LogP contribution in [0.1, 0.15) is 23.0 Å². The van der Waals surface area contributed by atoms with Gasteiger partial charge in [-0.2, -0.15) is 0 Å². The van der Waals surface area contributed by atoms with Crippen LogP contribution in [0.4, 0.5) is 5.69 Å². The Morgan fingerprint density at radius 3 is 2.83 bits per heavy atom. The van der Waals surface area contributed by atoms with Crippen molar-refractivity contribution in [1.82, 2.24) is 4.98 Å². The third-order valence-corrected chi connectivity index (χ3v) is 1.58. The molecule has 1 aromatic heterocycles. The van der Waals surface area contributed by atoms with E-state index in [4.69, 9.17) is 10.8 Å². The summed E-state index contributed by atoms with van der Waals surface area (Å²) >= 11 is 0. The third kappa shape index (κ3) is 1.53. The molecule has 0 radical (unpaired) electrons. The molecule has 0 unspecified atom stereocenters. The van der Waals surface area contributed by atoms with Crippen LogP contribution in [-0.2, 0) is 6.42 Å². The first-order valence-electron chi connectivity index (χ1n) is 3.62. The van der Waals surface area contributed by atoms with Crippen LogP contribution in [0, 0.1) is 0 Å². The van der Waals surface area contributed by atoms with Gasteiger partial charge in [0, 0.05) is 6.20 Å². The molecule has 0 saturated heterocycles. The van der Waals surface area contributed by atoms with Gasteiger partial charge in [-0.05, 0) is 18.1 Å². The Hall–Kier alpha value is -1.58. The van der Waals surface area contributed by atoms with Crippen LogP contribution in [0.2, 0.25) is 0 Å². The summed E-state index contributed by atoms with van der Waals surface area (Å²) in [6, 6.07) is 1.64. The van der Waals surface area contributed by atoms with Crippen LogP contribution in [0.3, 0.4) is 0 Å². The van der Waals surface area contributed by atoms with Crippen LogP contribution in [0.5, 0.6) is 0 Å². The molecule has 0 saturated carbocycles. The molecule has 0 bridgehead atoms. The van der Waals surface area contributed by atoms with E-state index in [1.807, 2.05) is 6.92 Å². The van der Waals surface area contributed by atoms with E-state index in [2.05, 4.69) is 4.98 Å². The number of aromatic nitrogens is 1. The molecular weight excluding hydrogens is 156 g/mol. The van der Waals surface area contributed by atoms with Gasteiger partial charge in [0.25, 0.3) is 0 Å². The minimum Gasteiger partial charge on any atom is -0.476 e. The maximum absolute atomic E-state index is 10.5. The molecule has 0 aliphatic heterocycles. The molecule has 64 valence electrons. The summed E-state index contributed by atoms with van der Waals surface area (Å²) in [5.41, 5.74) is 6.54. The SMILES string of the molecule is CCc1cnc(C(=O)O)c(N)c1. The van der Waals surface area contributed by atoms with Crippen LogP contribution in [-0.4, -0.2) is 16.1 Å². The van der Waals surface area contributed by atoms with Crippen LogP contribution in [0.25, 0.3) is 0 Å². The third-order valence-electron chi connectivity index (χ3n) is 1.58. The van der Waals surface area contributed by atoms with E-state index in [0.29, 0.717) is 0 Å². The second kappa shape index (κ2) is 3.21. The number of carboxylic acid groups (broad SMARTS) is 1. The number of anilines is 1. The Bertz CT molecular complexity index is 310. The molecule has 0 atom stereocenters. The lowest BCUT2D eigenvalue weighted by Crippen LogP contribution is -2.05. The number of rotatable bonds is 2. The quantitative estimate of drug-likeness (QED) is 0.685. The topological polar surface area (TPSA) is 76.2 Å². The zero-order valence-corrected chi connectivity index (χ0v) is 6.74. The first-order valence-corrected chi connectivity index (χ1v) is 3.62. The maximum atomic E-state index is 10.5. The molecule has 0 aliphatic carbocycles. The van der Waals surface area contributed by atoms with Gasteiger partial charge in [0.1, 0.15) is 0 Å². The average molecular weight is 166 g/mol. The second-order valence-corrected chi connectivity index (χ2v) is 2.44. The number of aromatic carboxylic acids is 1. The molecule has 1 rings (SSSR count). The Kier molecular flexibility index (Phi) is 2.28. The molecule has 0 fully saturated rings. The molecule has 0 aromatic carbocycles. The van der Waals surface area contributed by atoms with Crippen molar-refractivity contribution < 1.29 is 9.90 Å². The van der Waals surface area contributed by atoms with Crippen molar-refractivity contribution in [3.63, 3.8) is 0 Å². The molecule has 0 spiro atoms. The van der Waals surface area contributed by atoms with E-state index in [-0.39, 0.29) is 11.4 Å². The monoisotopic (exact) mass is 166 g/mol. The van der Waals surface area contributed by atoms with E-state index in [1.165, 1.54) is 6.20 Å². The van der Waals surface area contributed by atoms with Crippen LogP contribution < -0.4 is 5.73 Å². The summed E-state index contributed by atoms with van der Waals surface area (Å²) in [6.07, 6.45) is 2.33. The van der Waals surface area contributed by atoms with Gasteiger partial charge in [0.15, 0.2) is 5.69 Å². The number of carbonyl (C=O) groups is 1. The van der Waals surface area contributed by atoms with Crippen molar-refractivity contribution in [3.8, 4) is 0 Å².